The number of benzene rings is 2. The maximum absolute atomic E-state index is 12.2. The maximum atomic E-state index is 12.2. The molecule has 0 aliphatic rings. The quantitative estimate of drug-likeness (QED) is 0.494. The molecule has 0 saturated heterocycles. The Bertz CT molecular complexity index is 1030. The summed E-state index contributed by atoms with van der Waals surface area (Å²) in [6.07, 6.45) is -0.360. The fourth-order valence-corrected chi connectivity index (χ4v) is 3.71. The smallest absolute Gasteiger partial charge is 0.234 e. The van der Waals surface area contributed by atoms with Crippen LogP contribution in [0.1, 0.15) is 24.4 Å². The van der Waals surface area contributed by atoms with Crippen LogP contribution in [0.5, 0.6) is 5.75 Å². The monoisotopic (exact) mass is 450 g/mol. The molecule has 0 radical (unpaired) electrons. The number of hydrogen-bond acceptors (Lipinski definition) is 5. The van der Waals surface area contributed by atoms with E-state index in [4.69, 9.17) is 27.9 Å². The molecule has 0 spiro atoms. The molecule has 0 bridgehead atoms. The van der Waals surface area contributed by atoms with Gasteiger partial charge in [-0.05, 0) is 49.7 Å². The third kappa shape index (κ3) is 5.65. The molecule has 1 aromatic heterocycles. The number of carbonyl (C=O) groups excluding carboxylic acids is 1. The molecular weight excluding hydrogens is 431 g/mol. The number of hydrogen-bond donors (Lipinski definition) is 1. The van der Waals surface area contributed by atoms with Crippen molar-refractivity contribution >= 4 is 46.6 Å². The normalized spacial score (nSPS) is 11.9. The largest absolute Gasteiger partial charge is 0.481 e. The Kier molecular flexibility index (Phi) is 7.05. The fraction of sp³-hybridized carbons (Fsp3) is 0.250. The molecule has 0 aliphatic heterocycles. The summed E-state index contributed by atoms with van der Waals surface area (Å²) in [5, 5.41) is 12.9. The Morgan fingerprint density at radius 2 is 2.03 bits per heavy atom. The predicted octanol–water partition coefficient (Wildman–Crippen LogP) is 5.30. The molecule has 1 unspecified atom stereocenters. The number of thioether (sulfide) groups is 1. The van der Waals surface area contributed by atoms with E-state index in [-0.39, 0.29) is 17.8 Å². The third-order valence-corrected chi connectivity index (χ3v) is 5.63. The van der Waals surface area contributed by atoms with E-state index in [1.807, 2.05) is 37.6 Å². The van der Waals surface area contributed by atoms with Crippen molar-refractivity contribution in [2.24, 2.45) is 7.05 Å². The van der Waals surface area contributed by atoms with Crippen molar-refractivity contribution in [3.63, 3.8) is 0 Å². The molecular formula is C20H20Cl2N4O2S. The van der Waals surface area contributed by atoms with Gasteiger partial charge < -0.3 is 14.6 Å². The van der Waals surface area contributed by atoms with Crippen LogP contribution in [-0.2, 0) is 11.8 Å². The van der Waals surface area contributed by atoms with Gasteiger partial charge in [0.05, 0.1) is 10.8 Å². The standard InChI is InChI=1S/C20H20Cl2N4O2S/c1-12-7-8-16(22)17(9-12)28-13(2)19-24-25-20(26(19)3)29-11-18(27)23-15-6-4-5-14(21)10-15/h4-10,13H,11H2,1-3H3,(H,23,27). The van der Waals surface area contributed by atoms with Gasteiger partial charge in [0.1, 0.15) is 5.75 Å². The summed E-state index contributed by atoms with van der Waals surface area (Å²) in [6, 6.07) is 12.6. The zero-order valence-electron chi connectivity index (χ0n) is 16.1. The minimum Gasteiger partial charge on any atom is -0.481 e. The lowest BCUT2D eigenvalue weighted by Crippen LogP contribution is -2.14. The number of anilines is 1. The number of nitrogens with one attached hydrogen (secondary N) is 1. The molecule has 1 atom stereocenters. The molecule has 1 N–H and O–H groups in total. The van der Waals surface area contributed by atoms with Gasteiger partial charge in [0.2, 0.25) is 5.91 Å². The highest BCUT2D eigenvalue weighted by Crippen LogP contribution is 2.30. The molecule has 3 aromatic rings. The number of nitrogens with zero attached hydrogens (tertiary/aromatic N) is 3. The highest BCUT2D eigenvalue weighted by molar-refractivity contribution is 7.99. The number of halogens is 2. The second-order valence-electron chi connectivity index (χ2n) is 6.44. The molecule has 1 heterocycles. The van der Waals surface area contributed by atoms with E-state index in [0.29, 0.717) is 32.5 Å². The van der Waals surface area contributed by atoms with Crippen LogP contribution in [0.25, 0.3) is 0 Å². The van der Waals surface area contributed by atoms with E-state index in [9.17, 15) is 4.79 Å². The number of rotatable bonds is 7. The van der Waals surface area contributed by atoms with Gasteiger partial charge in [-0.1, -0.05) is 47.1 Å². The summed E-state index contributed by atoms with van der Waals surface area (Å²) in [5.41, 5.74) is 1.70. The van der Waals surface area contributed by atoms with E-state index in [2.05, 4.69) is 15.5 Å². The van der Waals surface area contributed by atoms with E-state index in [1.165, 1.54) is 11.8 Å². The SMILES string of the molecule is Cc1ccc(Cl)c(OC(C)c2nnc(SCC(=O)Nc3cccc(Cl)c3)n2C)c1. The Morgan fingerprint density at radius 3 is 2.79 bits per heavy atom. The Balaban J connectivity index is 1.61. The average Bonchev–Trinajstić information content (AvgIpc) is 3.03. The number of amides is 1. The van der Waals surface area contributed by atoms with Gasteiger partial charge in [0.25, 0.3) is 0 Å². The summed E-state index contributed by atoms with van der Waals surface area (Å²) >= 11 is 13.4. The first-order valence-electron chi connectivity index (χ1n) is 8.84. The Hall–Kier alpha value is -2.22. The second kappa shape index (κ2) is 9.52. The fourth-order valence-electron chi connectivity index (χ4n) is 2.64. The lowest BCUT2D eigenvalue weighted by molar-refractivity contribution is -0.113. The molecule has 0 saturated carbocycles. The van der Waals surface area contributed by atoms with Gasteiger partial charge in [0.15, 0.2) is 17.1 Å². The minimum atomic E-state index is -0.360. The van der Waals surface area contributed by atoms with Crippen molar-refractivity contribution in [2.75, 3.05) is 11.1 Å². The van der Waals surface area contributed by atoms with Crippen LogP contribution in [0.3, 0.4) is 0 Å². The first-order chi connectivity index (χ1) is 13.8. The van der Waals surface area contributed by atoms with Gasteiger partial charge in [-0.15, -0.1) is 10.2 Å². The van der Waals surface area contributed by atoms with Crippen LogP contribution in [-0.4, -0.2) is 26.4 Å². The van der Waals surface area contributed by atoms with Crippen molar-refractivity contribution < 1.29 is 9.53 Å². The van der Waals surface area contributed by atoms with Crippen LogP contribution in [0.15, 0.2) is 47.6 Å². The van der Waals surface area contributed by atoms with Gasteiger partial charge in [-0.2, -0.15) is 0 Å². The number of carbonyl (C=O) groups is 1. The summed E-state index contributed by atoms with van der Waals surface area (Å²) in [4.78, 5) is 12.2. The van der Waals surface area contributed by atoms with Gasteiger partial charge in [-0.3, -0.25) is 4.79 Å². The molecule has 2 aromatic carbocycles. The second-order valence-corrected chi connectivity index (χ2v) is 8.23. The summed E-state index contributed by atoms with van der Waals surface area (Å²) in [5.74, 6) is 1.27. The Labute approximate surface area is 183 Å². The maximum Gasteiger partial charge on any atom is 0.234 e. The van der Waals surface area contributed by atoms with Gasteiger partial charge in [0, 0.05) is 17.8 Å². The molecule has 29 heavy (non-hydrogen) atoms. The van der Waals surface area contributed by atoms with E-state index < -0.39 is 0 Å². The molecule has 0 aliphatic carbocycles. The highest BCUT2D eigenvalue weighted by Gasteiger charge is 2.19. The van der Waals surface area contributed by atoms with Gasteiger partial charge >= 0.3 is 0 Å². The van der Waals surface area contributed by atoms with Crippen LogP contribution >= 0.6 is 35.0 Å². The van der Waals surface area contributed by atoms with Crippen molar-refractivity contribution in [1.29, 1.82) is 0 Å². The molecule has 6 nitrogen and oxygen atoms in total. The third-order valence-electron chi connectivity index (χ3n) is 4.06. The van der Waals surface area contributed by atoms with Crippen molar-refractivity contribution in [3.8, 4) is 5.75 Å². The minimum absolute atomic E-state index is 0.155. The van der Waals surface area contributed by atoms with Crippen LogP contribution < -0.4 is 10.1 Å². The lowest BCUT2D eigenvalue weighted by Gasteiger charge is -2.15. The first kappa shape index (κ1) is 21.5. The predicted molar refractivity (Wildman–Crippen MR) is 117 cm³/mol. The van der Waals surface area contributed by atoms with E-state index in [1.54, 1.807) is 30.3 Å². The summed E-state index contributed by atoms with van der Waals surface area (Å²) in [6.45, 7) is 3.85. The topological polar surface area (TPSA) is 69.0 Å². The number of aryl methyl sites for hydroxylation is 1. The molecule has 152 valence electrons. The Morgan fingerprint density at radius 1 is 1.24 bits per heavy atom. The van der Waals surface area contributed by atoms with Crippen LogP contribution in [0.4, 0.5) is 5.69 Å². The van der Waals surface area contributed by atoms with Crippen LogP contribution in [0, 0.1) is 6.92 Å². The zero-order chi connectivity index (χ0) is 21.0. The molecule has 3 rings (SSSR count). The summed E-state index contributed by atoms with van der Waals surface area (Å²) < 4.78 is 7.78. The lowest BCUT2D eigenvalue weighted by atomic mass is 10.2. The van der Waals surface area contributed by atoms with Crippen LogP contribution in [0.2, 0.25) is 10.0 Å². The summed E-state index contributed by atoms with van der Waals surface area (Å²) in [7, 11) is 1.84. The number of aromatic nitrogens is 3. The molecule has 0 fully saturated rings. The van der Waals surface area contributed by atoms with E-state index in [0.717, 1.165) is 5.56 Å². The average molecular weight is 451 g/mol. The molecule has 9 heteroatoms. The zero-order valence-corrected chi connectivity index (χ0v) is 18.5. The van der Waals surface area contributed by atoms with Crippen molar-refractivity contribution in [1.82, 2.24) is 14.8 Å². The molecule has 1 amide bonds. The highest BCUT2D eigenvalue weighted by atomic mass is 35.5. The van der Waals surface area contributed by atoms with E-state index >= 15 is 0 Å². The first-order valence-corrected chi connectivity index (χ1v) is 10.6. The van der Waals surface area contributed by atoms with Gasteiger partial charge in [-0.25, -0.2) is 0 Å². The van der Waals surface area contributed by atoms with Crippen molar-refractivity contribution in [2.45, 2.75) is 25.1 Å². The number of ether oxygens (including phenoxy) is 1. The van der Waals surface area contributed by atoms with Crippen molar-refractivity contribution in [3.05, 3.63) is 63.9 Å².